The van der Waals surface area contributed by atoms with E-state index in [1.807, 2.05) is 48.5 Å². The highest BCUT2D eigenvalue weighted by Crippen LogP contribution is 2.12. The fourth-order valence-corrected chi connectivity index (χ4v) is 2.83. The number of carbonyl (C=O) groups is 1. The molecule has 0 spiro atoms. The fourth-order valence-electron chi connectivity index (χ4n) is 2.83. The van der Waals surface area contributed by atoms with Gasteiger partial charge in [0.1, 0.15) is 5.75 Å². The zero-order chi connectivity index (χ0) is 17.8. The summed E-state index contributed by atoms with van der Waals surface area (Å²) in [5, 5.41) is 2.88. The van der Waals surface area contributed by atoms with Crippen LogP contribution in [0.3, 0.4) is 0 Å². The standard InChI is InChI=1S/C19H21N3O3/c1-21-16-5-3-4-6-17(16)22(19(21)24)12-11-18(23)20-13-14-7-9-15(25-2)10-8-14/h3-10H,11-13H2,1-2H3,(H,20,23). The van der Waals surface area contributed by atoms with Crippen molar-refractivity contribution in [1.82, 2.24) is 14.5 Å². The molecule has 0 fully saturated rings. The quantitative estimate of drug-likeness (QED) is 0.747. The number of rotatable bonds is 6. The molecule has 130 valence electrons. The largest absolute Gasteiger partial charge is 0.497 e. The Morgan fingerprint density at radius 2 is 1.76 bits per heavy atom. The van der Waals surface area contributed by atoms with E-state index in [-0.39, 0.29) is 18.0 Å². The van der Waals surface area contributed by atoms with Crippen LogP contribution in [0, 0.1) is 0 Å². The molecule has 2 aromatic carbocycles. The van der Waals surface area contributed by atoms with Crippen molar-refractivity contribution in [3.8, 4) is 5.75 Å². The van der Waals surface area contributed by atoms with E-state index in [4.69, 9.17) is 4.74 Å². The van der Waals surface area contributed by atoms with Crippen molar-refractivity contribution in [2.45, 2.75) is 19.5 Å². The maximum absolute atomic E-state index is 12.3. The van der Waals surface area contributed by atoms with Crippen LogP contribution >= 0.6 is 0 Å². The lowest BCUT2D eigenvalue weighted by atomic mass is 10.2. The van der Waals surface area contributed by atoms with Crippen LogP contribution in [-0.4, -0.2) is 22.2 Å². The third-order valence-corrected chi connectivity index (χ3v) is 4.26. The van der Waals surface area contributed by atoms with Crippen molar-refractivity contribution >= 4 is 16.9 Å². The van der Waals surface area contributed by atoms with E-state index >= 15 is 0 Å². The zero-order valence-corrected chi connectivity index (χ0v) is 14.4. The molecule has 25 heavy (non-hydrogen) atoms. The van der Waals surface area contributed by atoms with Crippen LogP contribution in [0.4, 0.5) is 0 Å². The van der Waals surface area contributed by atoms with Crippen molar-refractivity contribution in [3.05, 3.63) is 64.6 Å². The summed E-state index contributed by atoms with van der Waals surface area (Å²) in [6.45, 7) is 0.807. The number of nitrogens with one attached hydrogen (secondary N) is 1. The van der Waals surface area contributed by atoms with Crippen molar-refractivity contribution in [2.75, 3.05) is 7.11 Å². The number of methoxy groups -OCH3 is 1. The zero-order valence-electron chi connectivity index (χ0n) is 14.4. The summed E-state index contributed by atoms with van der Waals surface area (Å²) in [5.41, 5.74) is 2.60. The lowest BCUT2D eigenvalue weighted by Crippen LogP contribution is -2.27. The molecule has 1 aromatic heterocycles. The maximum atomic E-state index is 12.3. The molecular weight excluding hydrogens is 318 g/mol. The molecule has 0 atom stereocenters. The van der Waals surface area contributed by atoms with Gasteiger partial charge in [-0.05, 0) is 29.8 Å². The summed E-state index contributed by atoms with van der Waals surface area (Å²) < 4.78 is 8.35. The number of para-hydroxylation sites is 2. The first-order valence-corrected chi connectivity index (χ1v) is 8.14. The number of amides is 1. The highest BCUT2D eigenvalue weighted by Gasteiger charge is 2.11. The number of nitrogens with zero attached hydrogens (tertiary/aromatic N) is 2. The lowest BCUT2D eigenvalue weighted by Gasteiger charge is -2.07. The van der Waals surface area contributed by atoms with E-state index < -0.39 is 0 Å². The first-order chi connectivity index (χ1) is 12.1. The predicted molar refractivity (Wildman–Crippen MR) is 96.6 cm³/mol. The Morgan fingerprint density at radius 1 is 1.08 bits per heavy atom. The number of fused-ring (bicyclic) bond motifs is 1. The SMILES string of the molecule is COc1ccc(CNC(=O)CCn2c(=O)n(C)c3ccccc32)cc1. The molecule has 1 heterocycles. The second-order valence-corrected chi connectivity index (χ2v) is 5.86. The highest BCUT2D eigenvalue weighted by atomic mass is 16.5. The van der Waals surface area contributed by atoms with Gasteiger partial charge in [-0.25, -0.2) is 4.79 Å². The van der Waals surface area contributed by atoms with Gasteiger partial charge in [-0.1, -0.05) is 24.3 Å². The molecule has 6 nitrogen and oxygen atoms in total. The normalized spacial score (nSPS) is 10.8. The summed E-state index contributed by atoms with van der Waals surface area (Å²) >= 11 is 0. The smallest absolute Gasteiger partial charge is 0.328 e. The van der Waals surface area contributed by atoms with E-state index in [0.29, 0.717) is 13.1 Å². The van der Waals surface area contributed by atoms with E-state index in [9.17, 15) is 9.59 Å². The van der Waals surface area contributed by atoms with Crippen molar-refractivity contribution in [2.24, 2.45) is 7.05 Å². The molecule has 0 bridgehead atoms. The number of ether oxygens (including phenoxy) is 1. The van der Waals surface area contributed by atoms with Gasteiger partial charge in [0.25, 0.3) is 0 Å². The fraction of sp³-hybridized carbons (Fsp3) is 0.263. The molecule has 0 aliphatic carbocycles. The first kappa shape index (κ1) is 16.8. The van der Waals surface area contributed by atoms with E-state index in [2.05, 4.69) is 5.32 Å². The van der Waals surface area contributed by atoms with Crippen LogP contribution < -0.4 is 15.7 Å². The molecule has 3 rings (SSSR count). The molecule has 0 saturated heterocycles. The summed E-state index contributed by atoms with van der Waals surface area (Å²) in [4.78, 5) is 24.4. The van der Waals surface area contributed by atoms with Crippen molar-refractivity contribution < 1.29 is 9.53 Å². The van der Waals surface area contributed by atoms with Gasteiger partial charge in [-0.3, -0.25) is 13.9 Å². The van der Waals surface area contributed by atoms with Crippen molar-refractivity contribution in [3.63, 3.8) is 0 Å². The molecule has 0 radical (unpaired) electrons. The van der Waals surface area contributed by atoms with Crippen LogP contribution in [0.15, 0.2) is 53.3 Å². The number of hydrogen-bond acceptors (Lipinski definition) is 3. The maximum Gasteiger partial charge on any atom is 0.328 e. The second kappa shape index (κ2) is 7.25. The molecule has 0 aliphatic heterocycles. The summed E-state index contributed by atoms with van der Waals surface area (Å²) in [5.74, 6) is 0.695. The lowest BCUT2D eigenvalue weighted by molar-refractivity contribution is -0.121. The van der Waals surface area contributed by atoms with Crippen LogP contribution in [0.1, 0.15) is 12.0 Å². The molecule has 3 aromatic rings. The van der Waals surface area contributed by atoms with Gasteiger partial charge in [-0.15, -0.1) is 0 Å². The minimum atomic E-state index is -0.107. The summed E-state index contributed by atoms with van der Waals surface area (Å²) in [7, 11) is 3.36. The molecule has 0 unspecified atom stereocenters. The predicted octanol–water partition coefficient (Wildman–Crippen LogP) is 2.06. The number of benzene rings is 2. The molecule has 0 saturated carbocycles. The Hall–Kier alpha value is -3.02. The molecule has 1 amide bonds. The van der Waals surface area contributed by atoms with Crippen LogP contribution in [0.2, 0.25) is 0 Å². The van der Waals surface area contributed by atoms with Gasteiger partial charge in [0, 0.05) is 26.6 Å². The Labute approximate surface area is 145 Å². The Kier molecular flexibility index (Phi) is 4.88. The Balaban J connectivity index is 1.61. The highest BCUT2D eigenvalue weighted by molar-refractivity contribution is 5.77. The number of aromatic nitrogens is 2. The molecular formula is C19H21N3O3. The average molecular weight is 339 g/mol. The van der Waals surface area contributed by atoms with Gasteiger partial charge >= 0.3 is 5.69 Å². The molecule has 1 N–H and O–H groups in total. The van der Waals surface area contributed by atoms with E-state index in [1.165, 1.54) is 0 Å². The van der Waals surface area contributed by atoms with Crippen LogP contribution in [-0.2, 0) is 24.9 Å². The topological polar surface area (TPSA) is 65.3 Å². The Bertz CT molecular complexity index is 939. The number of aryl methyl sites for hydroxylation is 2. The van der Waals surface area contributed by atoms with Gasteiger partial charge < -0.3 is 10.1 Å². The Morgan fingerprint density at radius 3 is 2.44 bits per heavy atom. The third kappa shape index (κ3) is 3.57. The number of hydrogen-bond donors (Lipinski definition) is 1. The van der Waals surface area contributed by atoms with E-state index in [1.54, 1.807) is 23.3 Å². The number of imidazole rings is 1. The van der Waals surface area contributed by atoms with Crippen LogP contribution in [0.5, 0.6) is 5.75 Å². The van der Waals surface area contributed by atoms with Gasteiger partial charge in [0.2, 0.25) is 5.91 Å². The first-order valence-electron chi connectivity index (χ1n) is 8.14. The minimum absolute atomic E-state index is 0.0874. The number of carbonyl (C=O) groups excluding carboxylic acids is 1. The minimum Gasteiger partial charge on any atom is -0.497 e. The average Bonchev–Trinajstić information content (AvgIpc) is 2.89. The monoisotopic (exact) mass is 339 g/mol. The van der Waals surface area contributed by atoms with Crippen molar-refractivity contribution in [1.29, 1.82) is 0 Å². The summed E-state index contributed by atoms with van der Waals surface area (Å²) in [6, 6.07) is 15.1. The van der Waals surface area contributed by atoms with Crippen LogP contribution in [0.25, 0.3) is 11.0 Å². The third-order valence-electron chi connectivity index (χ3n) is 4.26. The molecule has 0 aliphatic rings. The molecule has 6 heteroatoms. The van der Waals surface area contributed by atoms with Gasteiger partial charge in [-0.2, -0.15) is 0 Å². The summed E-state index contributed by atoms with van der Waals surface area (Å²) in [6.07, 6.45) is 0.254. The van der Waals surface area contributed by atoms with Gasteiger partial charge in [0.15, 0.2) is 0 Å². The van der Waals surface area contributed by atoms with E-state index in [0.717, 1.165) is 22.3 Å². The van der Waals surface area contributed by atoms with Gasteiger partial charge in [0.05, 0.1) is 18.1 Å². The second-order valence-electron chi connectivity index (χ2n) is 5.86.